The van der Waals surface area contributed by atoms with Gasteiger partial charge in [-0.1, -0.05) is 37.2 Å². The molecule has 0 aliphatic carbocycles. The summed E-state index contributed by atoms with van der Waals surface area (Å²) < 4.78 is 64.3. The van der Waals surface area contributed by atoms with Crippen molar-refractivity contribution in [1.29, 1.82) is 0 Å². The van der Waals surface area contributed by atoms with Gasteiger partial charge < -0.3 is 5.32 Å². The number of rotatable bonds is 8. The number of aromatic nitrogens is 1. The zero-order valence-electron chi connectivity index (χ0n) is 16.0. The van der Waals surface area contributed by atoms with Crippen molar-refractivity contribution in [3.8, 4) is 0 Å². The van der Waals surface area contributed by atoms with Crippen molar-refractivity contribution in [3.63, 3.8) is 0 Å². The van der Waals surface area contributed by atoms with Crippen LogP contribution in [0.5, 0.6) is 0 Å². The number of alkyl halides is 3. The Balaban J connectivity index is 2.07. The van der Waals surface area contributed by atoms with E-state index in [2.05, 4.69) is 10.3 Å². The van der Waals surface area contributed by atoms with Crippen LogP contribution in [-0.2, 0) is 21.0 Å². The number of thioether (sulfide) groups is 1. The predicted octanol–water partition coefficient (Wildman–Crippen LogP) is 4.52. The molecule has 0 fully saturated rings. The number of anilines is 1. The molecule has 30 heavy (non-hydrogen) atoms. The summed E-state index contributed by atoms with van der Waals surface area (Å²) in [5, 5.41) is 2.83. The van der Waals surface area contributed by atoms with E-state index in [0.717, 1.165) is 17.8 Å². The number of carbonyl (C=O) groups is 1. The molecule has 0 aliphatic heterocycles. The van der Waals surface area contributed by atoms with Crippen LogP contribution in [0.1, 0.15) is 19.4 Å². The third-order valence-corrected chi connectivity index (χ3v) is 7.43. The number of nitrogens with zero attached hydrogens (tertiary/aromatic N) is 2. The molecule has 0 unspecified atom stereocenters. The summed E-state index contributed by atoms with van der Waals surface area (Å²) in [6.07, 6.45) is -3.78. The molecule has 2 aromatic rings. The van der Waals surface area contributed by atoms with Crippen LogP contribution < -0.4 is 5.32 Å². The highest BCUT2D eigenvalue weighted by atomic mass is 35.5. The van der Waals surface area contributed by atoms with Gasteiger partial charge in [-0.3, -0.25) is 4.79 Å². The SMILES string of the molecule is CCN(CC)S(=O)(=O)c1cc(NC(=O)CSc2ccc(C(F)(F)F)cn2)ccc1Cl. The maximum Gasteiger partial charge on any atom is 0.417 e. The van der Waals surface area contributed by atoms with Crippen molar-refractivity contribution in [3.05, 3.63) is 47.1 Å². The summed E-state index contributed by atoms with van der Waals surface area (Å²) in [4.78, 5) is 15.7. The molecule has 2 rings (SSSR count). The Bertz CT molecular complexity index is 996. The first-order chi connectivity index (χ1) is 14.0. The molecule has 1 aromatic heterocycles. The molecule has 6 nitrogen and oxygen atoms in total. The van der Waals surface area contributed by atoms with Gasteiger partial charge in [0.2, 0.25) is 15.9 Å². The fourth-order valence-corrected chi connectivity index (χ4v) is 5.05. The number of halogens is 4. The highest BCUT2D eigenvalue weighted by Crippen LogP contribution is 2.30. The molecule has 0 radical (unpaired) electrons. The van der Waals surface area contributed by atoms with E-state index in [9.17, 15) is 26.4 Å². The van der Waals surface area contributed by atoms with Crippen molar-refractivity contribution >= 4 is 45.0 Å². The van der Waals surface area contributed by atoms with E-state index in [-0.39, 0.29) is 39.5 Å². The van der Waals surface area contributed by atoms with Gasteiger partial charge in [0.05, 0.1) is 21.4 Å². The van der Waals surface area contributed by atoms with Crippen LogP contribution in [-0.4, -0.2) is 42.5 Å². The zero-order valence-corrected chi connectivity index (χ0v) is 18.4. The van der Waals surface area contributed by atoms with Crippen molar-refractivity contribution in [2.45, 2.75) is 29.9 Å². The van der Waals surface area contributed by atoms with Gasteiger partial charge >= 0.3 is 6.18 Å². The average molecular weight is 482 g/mol. The van der Waals surface area contributed by atoms with Gasteiger partial charge in [0.25, 0.3) is 0 Å². The highest BCUT2D eigenvalue weighted by Gasteiger charge is 2.30. The van der Waals surface area contributed by atoms with Crippen LogP contribution in [0.4, 0.5) is 18.9 Å². The number of amides is 1. The largest absolute Gasteiger partial charge is 0.417 e. The van der Waals surface area contributed by atoms with Gasteiger partial charge in [-0.2, -0.15) is 17.5 Å². The van der Waals surface area contributed by atoms with Crippen LogP contribution in [0.2, 0.25) is 5.02 Å². The van der Waals surface area contributed by atoms with E-state index in [1.165, 1.54) is 28.6 Å². The minimum Gasteiger partial charge on any atom is -0.325 e. The summed E-state index contributed by atoms with van der Waals surface area (Å²) in [5.74, 6) is -0.603. The second-order valence-corrected chi connectivity index (χ2v) is 9.26. The number of carbonyl (C=O) groups excluding carboxylic acids is 1. The monoisotopic (exact) mass is 481 g/mol. The van der Waals surface area contributed by atoms with Crippen molar-refractivity contribution in [1.82, 2.24) is 9.29 Å². The fraction of sp³-hybridized carbons (Fsp3) is 0.333. The minimum absolute atomic E-state index is 0.0308. The number of sulfonamides is 1. The van der Waals surface area contributed by atoms with E-state index in [4.69, 9.17) is 11.6 Å². The smallest absolute Gasteiger partial charge is 0.325 e. The van der Waals surface area contributed by atoms with Crippen LogP contribution >= 0.6 is 23.4 Å². The second-order valence-electron chi connectivity index (χ2n) is 5.95. The molecule has 0 saturated heterocycles. The molecule has 0 bridgehead atoms. The maximum absolute atomic E-state index is 12.7. The molecule has 1 amide bonds. The lowest BCUT2D eigenvalue weighted by Gasteiger charge is -2.19. The normalized spacial score (nSPS) is 12.2. The molecule has 164 valence electrons. The number of hydrogen-bond acceptors (Lipinski definition) is 5. The van der Waals surface area contributed by atoms with Gasteiger partial charge in [0.1, 0.15) is 4.90 Å². The molecule has 0 spiro atoms. The standard InChI is InChI=1S/C18H19ClF3N3O3S2/c1-3-25(4-2)30(27,28)15-9-13(6-7-14(15)19)24-16(26)11-29-17-8-5-12(10-23-17)18(20,21)22/h5-10H,3-4,11H2,1-2H3,(H,24,26). The van der Waals surface area contributed by atoms with Crippen molar-refractivity contribution in [2.75, 3.05) is 24.2 Å². The van der Waals surface area contributed by atoms with E-state index in [1.54, 1.807) is 13.8 Å². The van der Waals surface area contributed by atoms with Crippen molar-refractivity contribution in [2.24, 2.45) is 0 Å². The molecular formula is C18H19ClF3N3O3S2. The lowest BCUT2D eigenvalue weighted by Crippen LogP contribution is -2.31. The number of hydrogen-bond donors (Lipinski definition) is 1. The Morgan fingerprint density at radius 1 is 1.20 bits per heavy atom. The maximum atomic E-state index is 12.7. The lowest BCUT2D eigenvalue weighted by atomic mass is 10.3. The first-order valence-corrected chi connectivity index (χ1v) is 11.5. The fourth-order valence-electron chi connectivity index (χ4n) is 2.45. The van der Waals surface area contributed by atoms with E-state index in [0.29, 0.717) is 6.20 Å². The number of pyridine rings is 1. The summed E-state index contributed by atoms with van der Waals surface area (Å²) in [5.41, 5.74) is -0.643. The van der Waals surface area contributed by atoms with Crippen LogP contribution in [0.3, 0.4) is 0 Å². The number of nitrogens with one attached hydrogen (secondary N) is 1. The molecular weight excluding hydrogens is 463 g/mol. The third kappa shape index (κ3) is 6.10. The number of benzene rings is 1. The molecule has 12 heteroatoms. The average Bonchev–Trinajstić information content (AvgIpc) is 2.68. The topological polar surface area (TPSA) is 79.4 Å². The lowest BCUT2D eigenvalue weighted by molar-refractivity contribution is -0.137. The zero-order chi connectivity index (χ0) is 22.5. The summed E-state index contributed by atoms with van der Waals surface area (Å²) in [6, 6.07) is 6.17. The summed E-state index contributed by atoms with van der Waals surface area (Å²) >= 11 is 7.00. The van der Waals surface area contributed by atoms with E-state index >= 15 is 0 Å². The first kappa shape index (κ1) is 24.4. The quantitative estimate of drug-likeness (QED) is 0.561. The summed E-state index contributed by atoms with van der Waals surface area (Å²) in [7, 11) is -3.82. The van der Waals surface area contributed by atoms with Gasteiger partial charge in [-0.15, -0.1) is 0 Å². The predicted molar refractivity (Wildman–Crippen MR) is 110 cm³/mol. The van der Waals surface area contributed by atoms with Crippen LogP contribution in [0.15, 0.2) is 46.5 Å². The van der Waals surface area contributed by atoms with Crippen molar-refractivity contribution < 1.29 is 26.4 Å². The molecule has 1 aromatic carbocycles. The Hall–Kier alpha value is -1.82. The van der Waals surface area contributed by atoms with E-state index < -0.39 is 27.7 Å². The minimum atomic E-state index is -4.48. The second kappa shape index (κ2) is 9.99. The molecule has 1 heterocycles. The first-order valence-electron chi connectivity index (χ1n) is 8.74. The molecule has 0 saturated carbocycles. The highest BCUT2D eigenvalue weighted by molar-refractivity contribution is 7.99. The van der Waals surface area contributed by atoms with Crippen LogP contribution in [0, 0.1) is 0 Å². The van der Waals surface area contributed by atoms with Gasteiger partial charge in [-0.25, -0.2) is 13.4 Å². The molecule has 0 atom stereocenters. The Labute approximate surface area is 181 Å². The van der Waals surface area contributed by atoms with Gasteiger partial charge in [-0.05, 0) is 30.3 Å². The van der Waals surface area contributed by atoms with E-state index in [1.807, 2.05) is 0 Å². The van der Waals surface area contributed by atoms with Gasteiger partial charge in [0.15, 0.2) is 0 Å². The Morgan fingerprint density at radius 2 is 1.87 bits per heavy atom. The van der Waals surface area contributed by atoms with Gasteiger partial charge in [0, 0.05) is 25.0 Å². The third-order valence-electron chi connectivity index (χ3n) is 3.95. The molecule has 1 N–H and O–H groups in total. The van der Waals surface area contributed by atoms with Crippen LogP contribution in [0.25, 0.3) is 0 Å². The molecule has 0 aliphatic rings. The Kier molecular flexibility index (Phi) is 8.14. The Morgan fingerprint density at radius 3 is 2.40 bits per heavy atom. The summed E-state index contributed by atoms with van der Waals surface area (Å²) in [6.45, 7) is 3.94.